The topological polar surface area (TPSA) is 38.1 Å². The van der Waals surface area contributed by atoms with Crippen LogP contribution in [-0.2, 0) is 6.42 Å². The average molecular weight is 180 g/mol. The van der Waals surface area contributed by atoms with Crippen LogP contribution in [0.25, 0.3) is 0 Å². The Bertz CT molecular complexity index is 285. The molecule has 0 aromatic carbocycles. The minimum Gasteiger partial charge on any atom is -0.377 e. The molecule has 1 heterocycles. The van der Waals surface area contributed by atoms with Crippen LogP contribution in [-0.4, -0.2) is 11.7 Å². The van der Waals surface area contributed by atoms with E-state index < -0.39 is 0 Å². The van der Waals surface area contributed by atoms with Crippen molar-refractivity contribution in [2.24, 2.45) is 0 Å². The Kier molecular flexibility index (Phi) is 3.55. The highest BCUT2D eigenvalue weighted by Gasteiger charge is 2.02. The molecule has 1 N–H and O–H groups in total. The summed E-state index contributed by atoms with van der Waals surface area (Å²) >= 11 is 0. The van der Waals surface area contributed by atoms with E-state index in [0.717, 1.165) is 24.4 Å². The van der Waals surface area contributed by atoms with Gasteiger partial charge in [0.15, 0.2) is 5.76 Å². The molecule has 0 amide bonds. The van der Waals surface area contributed by atoms with E-state index in [1.165, 1.54) is 5.57 Å². The second-order valence-electron chi connectivity index (χ2n) is 3.18. The average Bonchev–Trinajstić information content (AvgIpc) is 2.51. The third-order valence-electron chi connectivity index (χ3n) is 1.77. The minimum absolute atomic E-state index is 0.830. The zero-order valence-corrected chi connectivity index (χ0v) is 8.42. The van der Waals surface area contributed by atoms with Gasteiger partial charge in [-0.1, -0.05) is 23.7 Å². The molecule has 0 aliphatic carbocycles. The molecular formula is C10H16N2O. The Morgan fingerprint density at radius 1 is 1.62 bits per heavy atom. The molecule has 0 saturated carbocycles. The fraction of sp³-hybridized carbons (Fsp3) is 0.500. The van der Waals surface area contributed by atoms with Gasteiger partial charge in [0, 0.05) is 13.0 Å². The highest BCUT2D eigenvalue weighted by Crippen LogP contribution is 2.14. The molecule has 13 heavy (non-hydrogen) atoms. The van der Waals surface area contributed by atoms with Crippen LogP contribution in [0.5, 0.6) is 0 Å². The lowest BCUT2D eigenvalue weighted by Gasteiger charge is -2.00. The van der Waals surface area contributed by atoms with Gasteiger partial charge in [-0.3, -0.25) is 0 Å². The molecule has 0 fully saturated rings. The van der Waals surface area contributed by atoms with Crippen molar-refractivity contribution in [2.75, 3.05) is 11.9 Å². The first-order valence-corrected chi connectivity index (χ1v) is 4.54. The standard InChI is InChI=1S/C10H16N2O/c1-4-10-9(7-12-13-10)11-6-5-8(2)3/h5,7,11H,4,6H2,1-3H3. The summed E-state index contributed by atoms with van der Waals surface area (Å²) in [4.78, 5) is 0. The zero-order valence-electron chi connectivity index (χ0n) is 8.42. The van der Waals surface area contributed by atoms with Gasteiger partial charge < -0.3 is 9.84 Å². The molecule has 1 aromatic rings. The monoisotopic (exact) mass is 180 g/mol. The minimum atomic E-state index is 0.830. The third-order valence-corrected chi connectivity index (χ3v) is 1.77. The Morgan fingerprint density at radius 2 is 2.38 bits per heavy atom. The summed E-state index contributed by atoms with van der Waals surface area (Å²) in [6.45, 7) is 7.04. The zero-order chi connectivity index (χ0) is 9.68. The third kappa shape index (κ3) is 2.93. The molecule has 0 bridgehead atoms. The Hall–Kier alpha value is -1.25. The summed E-state index contributed by atoms with van der Waals surface area (Å²) in [5.41, 5.74) is 2.31. The van der Waals surface area contributed by atoms with Crippen molar-refractivity contribution in [1.82, 2.24) is 5.16 Å². The Labute approximate surface area is 78.8 Å². The number of aromatic nitrogens is 1. The van der Waals surface area contributed by atoms with Gasteiger partial charge in [0.05, 0.1) is 11.9 Å². The Balaban J connectivity index is 2.49. The molecule has 0 spiro atoms. The number of aryl methyl sites for hydroxylation is 1. The van der Waals surface area contributed by atoms with Crippen LogP contribution < -0.4 is 5.32 Å². The van der Waals surface area contributed by atoms with Gasteiger partial charge in [-0.2, -0.15) is 0 Å². The molecule has 3 nitrogen and oxygen atoms in total. The van der Waals surface area contributed by atoms with Gasteiger partial charge >= 0.3 is 0 Å². The number of nitrogens with zero attached hydrogens (tertiary/aromatic N) is 1. The smallest absolute Gasteiger partial charge is 0.159 e. The number of anilines is 1. The first-order valence-electron chi connectivity index (χ1n) is 4.54. The first-order chi connectivity index (χ1) is 6.24. The van der Waals surface area contributed by atoms with E-state index >= 15 is 0 Å². The van der Waals surface area contributed by atoms with Crippen molar-refractivity contribution in [3.05, 3.63) is 23.6 Å². The molecule has 1 aromatic heterocycles. The van der Waals surface area contributed by atoms with Crippen molar-refractivity contribution < 1.29 is 4.52 Å². The number of rotatable bonds is 4. The lowest BCUT2D eigenvalue weighted by atomic mass is 10.3. The highest BCUT2D eigenvalue weighted by molar-refractivity contribution is 5.44. The molecule has 1 rings (SSSR count). The van der Waals surface area contributed by atoms with Gasteiger partial charge in [-0.15, -0.1) is 0 Å². The Morgan fingerprint density at radius 3 is 3.00 bits per heavy atom. The predicted octanol–water partition coefficient (Wildman–Crippen LogP) is 2.62. The van der Waals surface area contributed by atoms with Crippen molar-refractivity contribution in [2.45, 2.75) is 27.2 Å². The summed E-state index contributed by atoms with van der Waals surface area (Å²) in [6, 6.07) is 0. The van der Waals surface area contributed by atoms with Crippen LogP contribution in [0.2, 0.25) is 0 Å². The van der Waals surface area contributed by atoms with Crippen molar-refractivity contribution >= 4 is 5.69 Å². The summed E-state index contributed by atoms with van der Waals surface area (Å²) in [7, 11) is 0. The van der Waals surface area contributed by atoms with E-state index in [1.54, 1.807) is 6.20 Å². The van der Waals surface area contributed by atoms with E-state index in [1.807, 2.05) is 6.92 Å². The van der Waals surface area contributed by atoms with Crippen molar-refractivity contribution in [3.63, 3.8) is 0 Å². The molecule has 0 aliphatic rings. The van der Waals surface area contributed by atoms with Crippen molar-refractivity contribution in [1.29, 1.82) is 0 Å². The van der Waals surface area contributed by atoms with Crippen LogP contribution in [0.3, 0.4) is 0 Å². The van der Waals surface area contributed by atoms with Crippen LogP contribution in [0.1, 0.15) is 26.5 Å². The van der Waals surface area contributed by atoms with Crippen molar-refractivity contribution in [3.8, 4) is 0 Å². The molecule has 0 atom stereocenters. The van der Waals surface area contributed by atoms with E-state index in [9.17, 15) is 0 Å². The SMILES string of the molecule is CCc1oncc1NCC=C(C)C. The quantitative estimate of drug-likeness (QED) is 0.724. The molecular weight excluding hydrogens is 164 g/mol. The normalized spacial score (nSPS) is 9.77. The number of hydrogen-bond donors (Lipinski definition) is 1. The lowest BCUT2D eigenvalue weighted by Crippen LogP contribution is -1.99. The molecule has 0 aliphatic heterocycles. The van der Waals surface area contributed by atoms with Crippen LogP contribution in [0.4, 0.5) is 5.69 Å². The maximum absolute atomic E-state index is 5.04. The molecule has 72 valence electrons. The van der Waals surface area contributed by atoms with E-state index in [0.29, 0.717) is 0 Å². The maximum Gasteiger partial charge on any atom is 0.159 e. The van der Waals surface area contributed by atoms with Crippen LogP contribution in [0.15, 0.2) is 22.4 Å². The summed E-state index contributed by atoms with van der Waals surface area (Å²) in [5, 5.41) is 6.98. The molecule has 3 heteroatoms. The summed E-state index contributed by atoms with van der Waals surface area (Å²) < 4.78 is 5.04. The fourth-order valence-electron chi connectivity index (χ4n) is 1.03. The maximum atomic E-state index is 5.04. The van der Waals surface area contributed by atoms with E-state index in [4.69, 9.17) is 4.52 Å². The lowest BCUT2D eigenvalue weighted by molar-refractivity contribution is 0.387. The molecule has 0 unspecified atom stereocenters. The second-order valence-corrected chi connectivity index (χ2v) is 3.18. The molecule has 0 saturated heterocycles. The van der Waals surface area contributed by atoms with Crippen LogP contribution in [0, 0.1) is 0 Å². The van der Waals surface area contributed by atoms with Crippen LogP contribution >= 0.6 is 0 Å². The number of hydrogen-bond acceptors (Lipinski definition) is 3. The van der Waals surface area contributed by atoms with Gasteiger partial charge in [0.2, 0.25) is 0 Å². The van der Waals surface area contributed by atoms with Gasteiger partial charge in [0.25, 0.3) is 0 Å². The van der Waals surface area contributed by atoms with E-state index in [2.05, 4.69) is 30.4 Å². The predicted molar refractivity (Wildman–Crippen MR) is 53.8 cm³/mol. The number of allylic oxidation sites excluding steroid dienone is 1. The van der Waals surface area contributed by atoms with Gasteiger partial charge in [-0.25, -0.2) is 0 Å². The summed E-state index contributed by atoms with van der Waals surface area (Å²) in [5.74, 6) is 0.919. The van der Waals surface area contributed by atoms with Gasteiger partial charge in [0.1, 0.15) is 0 Å². The summed E-state index contributed by atoms with van der Waals surface area (Å²) in [6.07, 6.45) is 4.72. The number of nitrogens with one attached hydrogen (secondary N) is 1. The highest BCUT2D eigenvalue weighted by atomic mass is 16.5. The van der Waals surface area contributed by atoms with Gasteiger partial charge in [-0.05, 0) is 13.8 Å². The van der Waals surface area contributed by atoms with E-state index in [-0.39, 0.29) is 0 Å². The first kappa shape index (κ1) is 9.84. The fourth-order valence-corrected chi connectivity index (χ4v) is 1.03. The largest absolute Gasteiger partial charge is 0.377 e. The second kappa shape index (κ2) is 4.70. The molecule has 0 radical (unpaired) electrons.